The highest BCUT2D eigenvalue weighted by Gasteiger charge is 2.27. The van der Waals surface area contributed by atoms with Gasteiger partial charge in [-0.05, 0) is 71.6 Å². The fourth-order valence-corrected chi connectivity index (χ4v) is 3.05. The van der Waals surface area contributed by atoms with Crippen molar-refractivity contribution in [2.45, 2.75) is 73.5 Å². The molecule has 0 saturated heterocycles. The van der Waals surface area contributed by atoms with Crippen LogP contribution in [0.4, 0.5) is 4.79 Å². The molecule has 7 heteroatoms. The van der Waals surface area contributed by atoms with Crippen molar-refractivity contribution in [1.82, 2.24) is 5.32 Å². The highest BCUT2D eigenvalue weighted by molar-refractivity contribution is 5.88. The maximum absolute atomic E-state index is 12.8. The summed E-state index contributed by atoms with van der Waals surface area (Å²) in [6.45, 7) is 14.4. The maximum Gasteiger partial charge on any atom is 0.408 e. The Morgan fingerprint density at radius 2 is 1.70 bits per heavy atom. The third-order valence-corrected chi connectivity index (χ3v) is 4.72. The second kappa shape index (κ2) is 8.90. The summed E-state index contributed by atoms with van der Waals surface area (Å²) in [6.07, 6.45) is -0.296. The predicted octanol–water partition coefficient (Wildman–Crippen LogP) is 4.56. The number of hydrogen-bond acceptors (Lipinski definition) is 6. The lowest BCUT2D eigenvalue weighted by molar-refractivity contribution is -0.137. The summed E-state index contributed by atoms with van der Waals surface area (Å²) in [5.74, 6) is -0.194. The Morgan fingerprint density at radius 3 is 2.27 bits per heavy atom. The minimum absolute atomic E-state index is 0.138. The van der Waals surface area contributed by atoms with Gasteiger partial charge >= 0.3 is 17.7 Å². The molecular formula is C23H31NO6. The fourth-order valence-electron chi connectivity index (χ4n) is 3.05. The molecule has 0 unspecified atom stereocenters. The van der Waals surface area contributed by atoms with Gasteiger partial charge in [0.25, 0.3) is 0 Å². The second-order valence-electron chi connectivity index (χ2n) is 8.95. The average molecular weight is 418 g/mol. The topological polar surface area (TPSA) is 94.8 Å². The molecule has 1 amide bonds. The molecule has 1 atom stereocenters. The van der Waals surface area contributed by atoms with Crippen LogP contribution in [-0.2, 0) is 9.53 Å². The highest BCUT2D eigenvalue weighted by Crippen LogP contribution is 2.29. The first-order chi connectivity index (χ1) is 13.8. The Morgan fingerprint density at radius 1 is 1.07 bits per heavy atom. The van der Waals surface area contributed by atoms with Gasteiger partial charge < -0.3 is 19.2 Å². The van der Waals surface area contributed by atoms with E-state index in [1.165, 1.54) is 0 Å². The van der Waals surface area contributed by atoms with Crippen molar-refractivity contribution in [3.05, 3.63) is 39.2 Å². The summed E-state index contributed by atoms with van der Waals surface area (Å²) in [5, 5.41) is 3.39. The lowest BCUT2D eigenvalue weighted by Crippen LogP contribution is -2.45. The van der Waals surface area contributed by atoms with Crippen LogP contribution in [0, 0.1) is 26.7 Å². The van der Waals surface area contributed by atoms with Gasteiger partial charge in [-0.25, -0.2) is 14.4 Å². The monoisotopic (exact) mass is 417 g/mol. The third-order valence-electron chi connectivity index (χ3n) is 4.72. The minimum atomic E-state index is -0.873. The minimum Gasteiger partial charge on any atom is -0.444 e. The maximum atomic E-state index is 12.8. The number of fused-ring (bicyclic) bond motifs is 1. The molecule has 0 aliphatic heterocycles. The van der Waals surface area contributed by atoms with E-state index in [1.54, 1.807) is 46.8 Å². The van der Waals surface area contributed by atoms with Crippen molar-refractivity contribution < 1.29 is 23.5 Å². The number of carbonyl (C=O) groups excluding carboxylic acids is 2. The van der Waals surface area contributed by atoms with Gasteiger partial charge in [-0.3, -0.25) is 0 Å². The molecule has 1 aromatic carbocycles. The molecule has 1 aromatic heterocycles. The Hall–Kier alpha value is -2.83. The molecule has 1 N–H and O–H groups in total. The molecule has 2 aromatic rings. The molecule has 0 saturated carbocycles. The SMILES string of the molecule is Cc1c(C)c2ccc(OC(=O)[C@H](CC(C)C)NC(=O)OC(C)(C)C)c(C)c2oc1=O. The van der Waals surface area contributed by atoms with Crippen LogP contribution >= 0.6 is 0 Å². The Labute approximate surface area is 176 Å². The van der Waals surface area contributed by atoms with E-state index in [0.717, 1.165) is 10.9 Å². The first kappa shape index (κ1) is 23.4. The molecule has 0 fully saturated rings. The molecule has 0 radical (unpaired) electrons. The van der Waals surface area contributed by atoms with Gasteiger partial charge in [0.15, 0.2) is 0 Å². The van der Waals surface area contributed by atoms with Gasteiger partial charge in [-0.15, -0.1) is 0 Å². The number of alkyl carbamates (subject to hydrolysis) is 1. The molecule has 0 aliphatic rings. The molecule has 164 valence electrons. The number of esters is 1. The molecule has 30 heavy (non-hydrogen) atoms. The third kappa shape index (κ3) is 5.62. The van der Waals surface area contributed by atoms with Crippen LogP contribution in [0.5, 0.6) is 5.75 Å². The molecule has 1 heterocycles. The molecule has 0 aliphatic carbocycles. The number of nitrogens with one attached hydrogen (secondary N) is 1. The van der Waals surface area contributed by atoms with Crippen LogP contribution in [0.1, 0.15) is 57.7 Å². The van der Waals surface area contributed by atoms with Crippen LogP contribution < -0.4 is 15.7 Å². The van der Waals surface area contributed by atoms with Gasteiger partial charge in [0, 0.05) is 16.5 Å². The first-order valence-electron chi connectivity index (χ1n) is 10.0. The van der Waals surface area contributed by atoms with Crippen LogP contribution in [0.25, 0.3) is 11.0 Å². The van der Waals surface area contributed by atoms with Gasteiger partial charge in [-0.2, -0.15) is 0 Å². The van der Waals surface area contributed by atoms with E-state index in [-0.39, 0.29) is 11.7 Å². The van der Waals surface area contributed by atoms with E-state index in [0.29, 0.717) is 23.1 Å². The van der Waals surface area contributed by atoms with Crippen molar-refractivity contribution in [2.75, 3.05) is 0 Å². The number of benzene rings is 1. The van der Waals surface area contributed by atoms with Crippen molar-refractivity contribution in [3.63, 3.8) is 0 Å². The standard InChI is InChI=1S/C23H31NO6/c1-12(2)11-17(24-22(27)30-23(6,7)8)21(26)28-18-10-9-16-13(3)14(4)20(25)29-19(16)15(18)5/h9-10,12,17H,11H2,1-8H3,(H,24,27)/t17-/m0/s1. The van der Waals surface area contributed by atoms with E-state index in [4.69, 9.17) is 13.9 Å². The van der Waals surface area contributed by atoms with E-state index in [9.17, 15) is 14.4 Å². The van der Waals surface area contributed by atoms with Crippen molar-refractivity contribution in [2.24, 2.45) is 5.92 Å². The van der Waals surface area contributed by atoms with Gasteiger partial charge in [-0.1, -0.05) is 13.8 Å². The average Bonchev–Trinajstić information content (AvgIpc) is 2.60. The summed E-state index contributed by atoms with van der Waals surface area (Å²) in [4.78, 5) is 37.1. The van der Waals surface area contributed by atoms with E-state index < -0.39 is 29.3 Å². The van der Waals surface area contributed by atoms with Crippen LogP contribution in [0.2, 0.25) is 0 Å². The van der Waals surface area contributed by atoms with Crippen molar-refractivity contribution in [3.8, 4) is 5.75 Å². The van der Waals surface area contributed by atoms with E-state index in [2.05, 4.69) is 5.32 Å². The predicted molar refractivity (Wildman–Crippen MR) is 115 cm³/mol. The summed E-state index contributed by atoms with van der Waals surface area (Å²) in [5.41, 5.74) is 1.20. The zero-order chi connectivity index (χ0) is 22.8. The Kier molecular flexibility index (Phi) is 6.95. The van der Waals surface area contributed by atoms with Gasteiger partial charge in [0.2, 0.25) is 0 Å². The molecule has 0 spiro atoms. The number of hydrogen-bond donors (Lipinski definition) is 1. The summed E-state index contributed by atoms with van der Waals surface area (Å²) in [6, 6.07) is 2.55. The fraction of sp³-hybridized carbons (Fsp3) is 0.522. The van der Waals surface area contributed by atoms with Gasteiger partial charge in [0.05, 0.1) is 0 Å². The highest BCUT2D eigenvalue weighted by atomic mass is 16.6. The van der Waals surface area contributed by atoms with Crippen molar-refractivity contribution in [1.29, 1.82) is 0 Å². The second-order valence-corrected chi connectivity index (χ2v) is 8.95. The summed E-state index contributed by atoms with van der Waals surface area (Å²) in [7, 11) is 0. The lowest BCUT2D eigenvalue weighted by Gasteiger charge is -2.24. The normalized spacial score (nSPS) is 12.7. The number of aryl methyl sites for hydroxylation is 2. The number of carbonyl (C=O) groups is 2. The zero-order valence-electron chi connectivity index (χ0n) is 19.0. The number of ether oxygens (including phenoxy) is 2. The number of amides is 1. The van der Waals surface area contributed by atoms with Gasteiger partial charge in [0.1, 0.15) is 23.0 Å². The zero-order valence-corrected chi connectivity index (χ0v) is 19.0. The first-order valence-corrected chi connectivity index (χ1v) is 10.0. The molecular weight excluding hydrogens is 386 g/mol. The summed E-state index contributed by atoms with van der Waals surface area (Å²) >= 11 is 0. The molecule has 7 nitrogen and oxygen atoms in total. The Bertz CT molecular complexity index is 1010. The largest absolute Gasteiger partial charge is 0.444 e. The summed E-state index contributed by atoms with van der Waals surface area (Å²) < 4.78 is 16.3. The molecule has 0 bridgehead atoms. The quantitative estimate of drug-likeness (QED) is 0.435. The molecule has 2 rings (SSSR count). The van der Waals surface area contributed by atoms with E-state index >= 15 is 0 Å². The Balaban J connectivity index is 2.31. The van der Waals surface area contributed by atoms with Crippen LogP contribution in [-0.4, -0.2) is 23.7 Å². The van der Waals surface area contributed by atoms with Crippen molar-refractivity contribution >= 4 is 23.0 Å². The lowest BCUT2D eigenvalue weighted by atomic mass is 10.0. The van der Waals surface area contributed by atoms with Crippen LogP contribution in [0.15, 0.2) is 21.3 Å². The van der Waals surface area contributed by atoms with E-state index in [1.807, 2.05) is 20.8 Å². The number of rotatable bonds is 5. The van der Waals surface area contributed by atoms with Crippen LogP contribution in [0.3, 0.4) is 0 Å². The smallest absolute Gasteiger partial charge is 0.408 e.